The fourth-order valence-electron chi connectivity index (χ4n) is 3.07. The van der Waals surface area contributed by atoms with Crippen LogP contribution < -0.4 is 10.2 Å². The van der Waals surface area contributed by atoms with Gasteiger partial charge in [-0.1, -0.05) is 52.9 Å². The van der Waals surface area contributed by atoms with Crippen LogP contribution in [0.5, 0.6) is 0 Å². The van der Waals surface area contributed by atoms with Gasteiger partial charge in [-0.05, 0) is 30.9 Å². The van der Waals surface area contributed by atoms with Crippen LogP contribution in [0.15, 0.2) is 35.6 Å². The minimum atomic E-state index is -0.0579. The van der Waals surface area contributed by atoms with Crippen molar-refractivity contribution in [3.8, 4) is 0 Å². The molecule has 0 unspecified atom stereocenters. The lowest BCUT2D eigenvalue weighted by molar-refractivity contribution is -0.118. The molecule has 2 aromatic heterocycles. The third-order valence-corrected chi connectivity index (χ3v) is 7.15. The molecule has 1 N–H and O–H groups in total. The van der Waals surface area contributed by atoms with Crippen LogP contribution >= 0.6 is 34.7 Å². The quantitative estimate of drug-likeness (QED) is 0.465. The number of anilines is 1. The van der Waals surface area contributed by atoms with Crippen LogP contribution in [0.1, 0.15) is 24.8 Å². The molecular weight excluding hydrogens is 414 g/mol. The molecule has 0 spiro atoms. The van der Waals surface area contributed by atoms with Gasteiger partial charge in [0, 0.05) is 24.7 Å². The van der Waals surface area contributed by atoms with Gasteiger partial charge in [0.1, 0.15) is 16.1 Å². The Morgan fingerprint density at radius 2 is 2.04 bits per heavy atom. The fourth-order valence-corrected chi connectivity index (χ4v) is 5.24. The van der Waals surface area contributed by atoms with E-state index in [0.29, 0.717) is 17.2 Å². The van der Waals surface area contributed by atoms with Gasteiger partial charge in [-0.15, -0.1) is 0 Å². The summed E-state index contributed by atoms with van der Waals surface area (Å²) in [6.07, 6.45) is 5.21. The van der Waals surface area contributed by atoms with Crippen molar-refractivity contribution in [2.24, 2.45) is 0 Å². The molecule has 0 saturated carbocycles. The highest BCUT2D eigenvalue weighted by molar-refractivity contribution is 8.00. The summed E-state index contributed by atoms with van der Waals surface area (Å²) < 4.78 is 0.951. The molecule has 1 fully saturated rings. The molecule has 3 aromatic rings. The minimum absolute atomic E-state index is 0.0579. The number of nitrogens with one attached hydrogen (secondary N) is 1. The SMILES string of the molecule is O=C(CSc1ncnc2nc(N3CCCCC3)sc12)NCc1ccccc1Cl. The predicted molar refractivity (Wildman–Crippen MR) is 115 cm³/mol. The first-order valence-electron chi connectivity index (χ1n) is 9.20. The third-order valence-electron chi connectivity index (χ3n) is 4.55. The summed E-state index contributed by atoms with van der Waals surface area (Å²) in [5.74, 6) is 0.227. The molecule has 6 nitrogen and oxygen atoms in total. The summed E-state index contributed by atoms with van der Waals surface area (Å²) in [6, 6.07) is 7.50. The number of thioether (sulfide) groups is 1. The van der Waals surface area contributed by atoms with Crippen LogP contribution in [0.4, 0.5) is 5.13 Å². The summed E-state index contributed by atoms with van der Waals surface area (Å²) >= 11 is 9.16. The summed E-state index contributed by atoms with van der Waals surface area (Å²) in [5.41, 5.74) is 1.61. The smallest absolute Gasteiger partial charge is 0.230 e. The van der Waals surface area contributed by atoms with Gasteiger partial charge in [0.05, 0.1) is 5.75 Å². The molecule has 0 atom stereocenters. The minimum Gasteiger partial charge on any atom is -0.351 e. The van der Waals surface area contributed by atoms with Crippen LogP contribution in [-0.4, -0.2) is 39.7 Å². The largest absolute Gasteiger partial charge is 0.351 e. The Bertz CT molecular complexity index is 974. The first kappa shape index (κ1) is 19.4. The number of nitrogens with zero attached hydrogens (tertiary/aromatic N) is 4. The van der Waals surface area contributed by atoms with Crippen LogP contribution in [0.2, 0.25) is 5.02 Å². The van der Waals surface area contributed by atoms with Gasteiger partial charge in [-0.3, -0.25) is 4.79 Å². The van der Waals surface area contributed by atoms with Crippen molar-refractivity contribution in [2.75, 3.05) is 23.7 Å². The average Bonchev–Trinajstić information content (AvgIpc) is 3.17. The second kappa shape index (κ2) is 9.07. The van der Waals surface area contributed by atoms with E-state index < -0.39 is 0 Å². The van der Waals surface area contributed by atoms with E-state index in [0.717, 1.165) is 33.5 Å². The number of hydrogen-bond donors (Lipinski definition) is 1. The topological polar surface area (TPSA) is 71.0 Å². The van der Waals surface area contributed by atoms with Crippen molar-refractivity contribution in [3.05, 3.63) is 41.2 Å². The molecular formula is C19H20ClN5OS2. The standard InChI is InChI=1S/C19H20ClN5OS2/c20-14-7-3-2-6-13(14)10-21-15(26)11-27-18-16-17(22-12-23-18)24-19(28-16)25-8-4-1-5-9-25/h2-3,6-7,12H,1,4-5,8-11H2,(H,21,26). The molecule has 3 heterocycles. The maximum atomic E-state index is 12.3. The van der Waals surface area contributed by atoms with Crippen molar-refractivity contribution in [3.63, 3.8) is 0 Å². The Morgan fingerprint density at radius 3 is 2.86 bits per heavy atom. The van der Waals surface area contributed by atoms with E-state index in [-0.39, 0.29) is 11.7 Å². The Balaban J connectivity index is 1.39. The fraction of sp³-hybridized carbons (Fsp3) is 0.368. The number of rotatable bonds is 6. The lowest BCUT2D eigenvalue weighted by Crippen LogP contribution is -2.29. The van der Waals surface area contributed by atoms with E-state index >= 15 is 0 Å². The zero-order valence-electron chi connectivity index (χ0n) is 15.2. The number of thiazole rings is 1. The Hall–Kier alpha value is -1.90. The third kappa shape index (κ3) is 4.56. The summed E-state index contributed by atoms with van der Waals surface area (Å²) in [4.78, 5) is 27.9. The molecule has 146 valence electrons. The highest BCUT2D eigenvalue weighted by Gasteiger charge is 2.18. The molecule has 4 rings (SSSR count). The van der Waals surface area contributed by atoms with Gasteiger partial charge in [0.15, 0.2) is 10.8 Å². The number of carbonyl (C=O) groups is 1. The molecule has 1 aliphatic heterocycles. The van der Waals surface area contributed by atoms with E-state index in [2.05, 4.69) is 25.2 Å². The van der Waals surface area contributed by atoms with Crippen LogP contribution in [-0.2, 0) is 11.3 Å². The number of piperidine rings is 1. The van der Waals surface area contributed by atoms with Gasteiger partial charge < -0.3 is 10.2 Å². The summed E-state index contributed by atoms with van der Waals surface area (Å²) in [7, 11) is 0. The number of aromatic nitrogens is 3. The summed E-state index contributed by atoms with van der Waals surface area (Å²) in [5, 5.41) is 5.37. The van der Waals surface area contributed by atoms with Crippen LogP contribution in [0.3, 0.4) is 0 Å². The molecule has 0 bridgehead atoms. The highest BCUT2D eigenvalue weighted by atomic mass is 35.5. The number of amides is 1. The molecule has 28 heavy (non-hydrogen) atoms. The van der Waals surface area contributed by atoms with Crippen LogP contribution in [0.25, 0.3) is 10.3 Å². The van der Waals surface area contributed by atoms with Gasteiger partial charge in [0.25, 0.3) is 0 Å². The lowest BCUT2D eigenvalue weighted by atomic mass is 10.1. The number of benzene rings is 1. The van der Waals surface area contributed by atoms with Crippen molar-refractivity contribution in [1.29, 1.82) is 0 Å². The average molecular weight is 434 g/mol. The van der Waals surface area contributed by atoms with Crippen molar-refractivity contribution >= 4 is 56.1 Å². The molecule has 0 radical (unpaired) electrons. The second-order valence-corrected chi connectivity index (χ2v) is 8.88. The Morgan fingerprint density at radius 1 is 1.21 bits per heavy atom. The van der Waals surface area contributed by atoms with Gasteiger partial charge >= 0.3 is 0 Å². The molecule has 1 amide bonds. The molecule has 1 aromatic carbocycles. The predicted octanol–water partition coefficient (Wildman–Crippen LogP) is 4.14. The molecule has 1 aliphatic rings. The molecule has 1 saturated heterocycles. The van der Waals surface area contributed by atoms with Gasteiger partial charge in [-0.2, -0.15) is 4.98 Å². The highest BCUT2D eigenvalue weighted by Crippen LogP contribution is 2.34. The summed E-state index contributed by atoms with van der Waals surface area (Å²) in [6.45, 7) is 2.50. The molecule has 0 aliphatic carbocycles. The Labute approximate surface area is 176 Å². The normalized spacial score (nSPS) is 14.4. The molecule has 9 heteroatoms. The van der Waals surface area contributed by atoms with E-state index in [1.54, 1.807) is 11.3 Å². The monoisotopic (exact) mass is 433 g/mol. The number of hydrogen-bond acceptors (Lipinski definition) is 7. The zero-order chi connectivity index (χ0) is 19.3. The first-order chi connectivity index (χ1) is 13.7. The van der Waals surface area contributed by atoms with E-state index in [1.807, 2.05) is 24.3 Å². The van der Waals surface area contributed by atoms with E-state index in [1.165, 1.54) is 37.4 Å². The van der Waals surface area contributed by atoms with Crippen molar-refractivity contribution < 1.29 is 4.79 Å². The maximum Gasteiger partial charge on any atom is 0.230 e. The second-order valence-electron chi connectivity index (χ2n) is 6.53. The lowest BCUT2D eigenvalue weighted by Gasteiger charge is -2.25. The van der Waals surface area contributed by atoms with Crippen LogP contribution in [0, 0.1) is 0 Å². The maximum absolute atomic E-state index is 12.3. The van der Waals surface area contributed by atoms with Crippen molar-refractivity contribution in [2.45, 2.75) is 30.8 Å². The number of halogens is 1. The van der Waals surface area contributed by atoms with Gasteiger partial charge in [-0.25, -0.2) is 9.97 Å². The zero-order valence-corrected chi connectivity index (χ0v) is 17.6. The Kier molecular flexibility index (Phi) is 6.29. The van der Waals surface area contributed by atoms with E-state index in [4.69, 9.17) is 11.6 Å². The van der Waals surface area contributed by atoms with E-state index in [9.17, 15) is 4.79 Å². The first-order valence-corrected chi connectivity index (χ1v) is 11.4. The number of fused-ring (bicyclic) bond motifs is 1. The van der Waals surface area contributed by atoms with Gasteiger partial charge in [0.2, 0.25) is 5.91 Å². The number of carbonyl (C=O) groups excluding carboxylic acids is 1. The van der Waals surface area contributed by atoms with Crippen molar-refractivity contribution in [1.82, 2.24) is 20.3 Å².